The van der Waals surface area contributed by atoms with E-state index in [-0.39, 0.29) is 28.8 Å². The maximum atomic E-state index is 12.4. The summed E-state index contributed by atoms with van der Waals surface area (Å²) in [5.74, 6) is -0.504. The van der Waals surface area contributed by atoms with Crippen molar-refractivity contribution in [2.45, 2.75) is 52.4 Å². The number of nitrogens with zero attached hydrogens (tertiary/aromatic N) is 2. The number of hydrogen-bond donors (Lipinski definition) is 0. The lowest BCUT2D eigenvalue weighted by Gasteiger charge is -2.34. The second kappa shape index (κ2) is 6.41. The van der Waals surface area contributed by atoms with Crippen molar-refractivity contribution >= 4 is 17.6 Å². The molecular formula is C16H23ClN2O3. The molecule has 0 aromatic carbocycles. The highest BCUT2D eigenvalue weighted by molar-refractivity contribution is 6.34. The number of hydrogen-bond acceptors (Lipinski definition) is 4. The average Bonchev–Trinajstić information content (AvgIpc) is 2.45. The molecule has 1 aliphatic rings. The highest BCUT2D eigenvalue weighted by atomic mass is 35.5. The summed E-state index contributed by atoms with van der Waals surface area (Å²) in [4.78, 5) is 24.4. The number of rotatable bonds is 3. The van der Waals surface area contributed by atoms with Gasteiger partial charge in [-0.2, -0.15) is 5.10 Å². The van der Waals surface area contributed by atoms with Gasteiger partial charge in [-0.1, -0.05) is 25.4 Å². The van der Waals surface area contributed by atoms with Gasteiger partial charge < -0.3 is 4.74 Å². The van der Waals surface area contributed by atoms with Crippen LogP contribution < -0.4 is 5.56 Å². The van der Waals surface area contributed by atoms with Crippen molar-refractivity contribution in [1.29, 1.82) is 0 Å². The average molecular weight is 327 g/mol. The molecule has 1 fully saturated rings. The van der Waals surface area contributed by atoms with Gasteiger partial charge in [0.05, 0.1) is 11.6 Å². The lowest BCUT2D eigenvalue weighted by Crippen LogP contribution is -2.31. The summed E-state index contributed by atoms with van der Waals surface area (Å²) in [5.41, 5.74) is 0.622. The van der Waals surface area contributed by atoms with Crippen LogP contribution in [0.25, 0.3) is 0 Å². The first-order valence-corrected chi connectivity index (χ1v) is 8.08. The van der Waals surface area contributed by atoms with E-state index in [4.69, 9.17) is 16.3 Å². The number of halogens is 1. The highest BCUT2D eigenvalue weighted by Crippen LogP contribution is 2.43. The molecule has 0 aliphatic heterocycles. The minimum Gasteiger partial charge on any atom is -0.461 e. The molecule has 0 spiro atoms. The minimum absolute atomic E-state index is 0.0328. The number of aromatic nitrogens is 2. The Morgan fingerprint density at radius 3 is 2.55 bits per heavy atom. The standard InChI is InChI=1S/C16H23ClN2O3/c1-5-22-15(21)13-12(17)11(14(20)19(4)18-13)10-6-8-16(2,3)9-7-10/h10H,5-9H2,1-4H3. The predicted molar refractivity (Wildman–Crippen MR) is 85.4 cm³/mol. The van der Waals surface area contributed by atoms with Gasteiger partial charge in [0, 0.05) is 12.6 Å². The third-order valence-corrected chi connectivity index (χ3v) is 4.82. The molecule has 0 radical (unpaired) electrons. The van der Waals surface area contributed by atoms with Crippen molar-refractivity contribution < 1.29 is 9.53 Å². The topological polar surface area (TPSA) is 61.2 Å². The molecule has 1 aliphatic carbocycles. The summed E-state index contributed by atoms with van der Waals surface area (Å²) in [7, 11) is 1.54. The molecule has 1 aromatic heterocycles. The van der Waals surface area contributed by atoms with E-state index in [9.17, 15) is 9.59 Å². The first-order valence-electron chi connectivity index (χ1n) is 7.70. The molecule has 2 rings (SSSR count). The Morgan fingerprint density at radius 1 is 1.41 bits per heavy atom. The lowest BCUT2D eigenvalue weighted by atomic mass is 9.71. The van der Waals surface area contributed by atoms with Crippen LogP contribution in [-0.4, -0.2) is 22.4 Å². The van der Waals surface area contributed by atoms with Gasteiger partial charge in [-0.05, 0) is 43.9 Å². The molecule has 0 saturated heterocycles. The predicted octanol–water partition coefficient (Wildman–Crippen LogP) is 3.29. The van der Waals surface area contributed by atoms with Crippen molar-refractivity contribution in [2.75, 3.05) is 6.61 Å². The normalized spacial score (nSPS) is 18.2. The monoisotopic (exact) mass is 326 g/mol. The zero-order valence-electron chi connectivity index (χ0n) is 13.6. The van der Waals surface area contributed by atoms with E-state index in [1.54, 1.807) is 6.92 Å². The van der Waals surface area contributed by atoms with E-state index in [1.807, 2.05) is 0 Å². The highest BCUT2D eigenvalue weighted by Gasteiger charge is 2.32. The van der Waals surface area contributed by atoms with Crippen LogP contribution in [0.3, 0.4) is 0 Å². The Morgan fingerprint density at radius 2 is 2.00 bits per heavy atom. The Bertz CT molecular complexity index is 627. The number of aryl methyl sites for hydroxylation is 1. The maximum Gasteiger partial charge on any atom is 0.360 e. The Labute approximate surface area is 135 Å². The van der Waals surface area contributed by atoms with Crippen LogP contribution in [0.2, 0.25) is 5.02 Å². The van der Waals surface area contributed by atoms with Gasteiger partial charge in [-0.3, -0.25) is 4.79 Å². The van der Waals surface area contributed by atoms with Crippen molar-refractivity contribution in [3.8, 4) is 0 Å². The molecule has 0 unspecified atom stereocenters. The summed E-state index contributed by atoms with van der Waals surface area (Å²) in [6.07, 6.45) is 3.87. The van der Waals surface area contributed by atoms with E-state index >= 15 is 0 Å². The van der Waals surface area contributed by atoms with Crippen molar-refractivity contribution in [3.63, 3.8) is 0 Å². The molecule has 0 bridgehead atoms. The second-order valence-corrected chi connectivity index (χ2v) is 7.04. The molecule has 0 N–H and O–H groups in total. The van der Waals surface area contributed by atoms with Crippen LogP contribution in [-0.2, 0) is 11.8 Å². The molecule has 1 aromatic rings. The maximum absolute atomic E-state index is 12.4. The first-order chi connectivity index (χ1) is 10.3. The van der Waals surface area contributed by atoms with Gasteiger partial charge >= 0.3 is 5.97 Å². The molecule has 0 amide bonds. The zero-order chi connectivity index (χ0) is 16.5. The van der Waals surface area contributed by atoms with E-state index in [0.717, 1.165) is 25.7 Å². The Kier molecular flexibility index (Phi) is 4.95. The molecule has 6 heteroatoms. The van der Waals surface area contributed by atoms with Crippen LogP contribution in [0.1, 0.15) is 68.4 Å². The van der Waals surface area contributed by atoms with Crippen molar-refractivity contribution in [1.82, 2.24) is 9.78 Å². The summed E-state index contributed by atoms with van der Waals surface area (Å²) in [5, 5.41) is 4.13. The number of esters is 1. The fourth-order valence-corrected chi connectivity index (χ4v) is 3.36. The van der Waals surface area contributed by atoms with Crippen LogP contribution >= 0.6 is 11.6 Å². The van der Waals surface area contributed by atoms with Gasteiger partial charge in [0.15, 0.2) is 5.69 Å². The third-order valence-electron chi connectivity index (χ3n) is 4.43. The van der Waals surface area contributed by atoms with Crippen molar-refractivity contribution in [3.05, 3.63) is 26.6 Å². The lowest BCUT2D eigenvalue weighted by molar-refractivity contribution is 0.0516. The van der Waals surface area contributed by atoms with Gasteiger partial charge in [0.1, 0.15) is 0 Å². The summed E-state index contributed by atoms with van der Waals surface area (Å²) in [6, 6.07) is 0. The number of ether oxygens (including phenoxy) is 1. The SMILES string of the molecule is CCOC(=O)c1nn(C)c(=O)c(C2CCC(C)(C)CC2)c1Cl. The fourth-order valence-electron chi connectivity index (χ4n) is 3.01. The summed E-state index contributed by atoms with van der Waals surface area (Å²) >= 11 is 6.34. The fraction of sp³-hybridized carbons (Fsp3) is 0.688. The van der Waals surface area contributed by atoms with Gasteiger partial charge in [-0.15, -0.1) is 0 Å². The zero-order valence-corrected chi connectivity index (χ0v) is 14.4. The summed E-state index contributed by atoms with van der Waals surface area (Å²) < 4.78 is 6.17. The molecular weight excluding hydrogens is 304 g/mol. The summed E-state index contributed by atoms with van der Waals surface area (Å²) in [6.45, 7) is 6.43. The molecule has 22 heavy (non-hydrogen) atoms. The first kappa shape index (κ1) is 17.0. The minimum atomic E-state index is -0.583. The van der Waals surface area contributed by atoms with Gasteiger partial charge in [0.2, 0.25) is 0 Å². The van der Waals surface area contributed by atoms with E-state index in [0.29, 0.717) is 11.0 Å². The largest absolute Gasteiger partial charge is 0.461 e. The molecule has 0 atom stereocenters. The van der Waals surface area contributed by atoms with Gasteiger partial charge in [0.25, 0.3) is 5.56 Å². The molecule has 1 saturated carbocycles. The number of carbonyl (C=O) groups is 1. The van der Waals surface area contributed by atoms with Crippen molar-refractivity contribution in [2.24, 2.45) is 12.5 Å². The van der Waals surface area contributed by atoms with Crippen LogP contribution in [0.4, 0.5) is 0 Å². The third kappa shape index (κ3) is 3.35. The molecule has 1 heterocycles. The number of carbonyl (C=O) groups excluding carboxylic acids is 1. The Balaban J connectivity index is 2.43. The molecule has 5 nitrogen and oxygen atoms in total. The van der Waals surface area contributed by atoms with E-state index in [1.165, 1.54) is 11.7 Å². The Hall–Kier alpha value is -1.36. The second-order valence-electron chi connectivity index (χ2n) is 6.66. The quantitative estimate of drug-likeness (QED) is 0.800. The van der Waals surface area contributed by atoms with Crippen LogP contribution in [0.5, 0.6) is 0 Å². The van der Waals surface area contributed by atoms with E-state index in [2.05, 4.69) is 18.9 Å². The van der Waals surface area contributed by atoms with Gasteiger partial charge in [-0.25, -0.2) is 9.48 Å². The van der Waals surface area contributed by atoms with Crippen LogP contribution in [0.15, 0.2) is 4.79 Å². The van der Waals surface area contributed by atoms with E-state index < -0.39 is 5.97 Å². The molecule has 122 valence electrons. The smallest absolute Gasteiger partial charge is 0.360 e. The van der Waals surface area contributed by atoms with Crippen LogP contribution in [0, 0.1) is 5.41 Å².